The molecule has 2 fully saturated rings. The highest BCUT2D eigenvalue weighted by Crippen LogP contribution is 2.26. The predicted molar refractivity (Wildman–Crippen MR) is 67.7 cm³/mol. The maximum Gasteiger partial charge on any atom is 0.222 e. The maximum atomic E-state index is 12.2. The SMILES string of the molecule is CC(C)C1CCN(C(=O)CC2CCOCC2)C1. The molecule has 0 saturated carbocycles. The van der Waals surface area contributed by atoms with Crippen molar-refractivity contribution in [1.29, 1.82) is 0 Å². The normalized spacial score (nSPS) is 26.8. The Kier molecular flexibility index (Phi) is 4.43. The topological polar surface area (TPSA) is 29.5 Å². The minimum Gasteiger partial charge on any atom is -0.381 e. The fraction of sp³-hybridized carbons (Fsp3) is 0.929. The van der Waals surface area contributed by atoms with E-state index in [1.807, 2.05) is 0 Å². The third-order valence-electron chi connectivity index (χ3n) is 4.32. The predicted octanol–water partition coefficient (Wildman–Crippen LogP) is 2.31. The Balaban J connectivity index is 1.76. The zero-order chi connectivity index (χ0) is 12.3. The molecule has 0 spiro atoms. The fourth-order valence-electron chi connectivity index (χ4n) is 2.88. The van der Waals surface area contributed by atoms with E-state index in [4.69, 9.17) is 4.74 Å². The van der Waals surface area contributed by atoms with Crippen LogP contribution in [0, 0.1) is 17.8 Å². The standard InChI is InChI=1S/C14H25NO2/c1-11(2)13-3-6-15(10-13)14(16)9-12-4-7-17-8-5-12/h11-13H,3-10H2,1-2H3. The van der Waals surface area contributed by atoms with Crippen molar-refractivity contribution in [2.45, 2.75) is 39.5 Å². The smallest absolute Gasteiger partial charge is 0.222 e. The van der Waals surface area contributed by atoms with Crippen LogP contribution in [0.3, 0.4) is 0 Å². The van der Waals surface area contributed by atoms with Gasteiger partial charge >= 0.3 is 0 Å². The van der Waals surface area contributed by atoms with Crippen LogP contribution in [0.4, 0.5) is 0 Å². The van der Waals surface area contributed by atoms with Gasteiger partial charge in [0.2, 0.25) is 5.91 Å². The van der Waals surface area contributed by atoms with Gasteiger partial charge in [-0.25, -0.2) is 0 Å². The van der Waals surface area contributed by atoms with Gasteiger partial charge in [-0.1, -0.05) is 13.8 Å². The fourth-order valence-corrected chi connectivity index (χ4v) is 2.88. The molecule has 0 aromatic heterocycles. The van der Waals surface area contributed by atoms with E-state index in [1.165, 1.54) is 6.42 Å². The minimum absolute atomic E-state index is 0.375. The zero-order valence-electron chi connectivity index (χ0n) is 11.2. The van der Waals surface area contributed by atoms with Crippen molar-refractivity contribution in [3.8, 4) is 0 Å². The van der Waals surface area contributed by atoms with Crippen LogP contribution in [0.1, 0.15) is 39.5 Å². The summed E-state index contributed by atoms with van der Waals surface area (Å²) in [7, 11) is 0. The highest BCUT2D eigenvalue weighted by Gasteiger charge is 2.29. The molecular formula is C14H25NO2. The molecule has 2 aliphatic heterocycles. The summed E-state index contributed by atoms with van der Waals surface area (Å²) in [6, 6.07) is 0. The molecule has 2 saturated heterocycles. The van der Waals surface area contributed by atoms with Gasteiger partial charge in [0.15, 0.2) is 0 Å². The summed E-state index contributed by atoms with van der Waals surface area (Å²) in [4.78, 5) is 14.3. The number of carbonyl (C=O) groups excluding carboxylic acids is 1. The second kappa shape index (κ2) is 5.85. The molecule has 0 N–H and O–H groups in total. The molecule has 98 valence electrons. The molecule has 17 heavy (non-hydrogen) atoms. The van der Waals surface area contributed by atoms with Gasteiger partial charge in [-0.15, -0.1) is 0 Å². The summed E-state index contributed by atoms with van der Waals surface area (Å²) in [5.74, 6) is 2.36. The lowest BCUT2D eigenvalue weighted by Gasteiger charge is -2.24. The second-order valence-corrected chi connectivity index (χ2v) is 5.89. The van der Waals surface area contributed by atoms with E-state index >= 15 is 0 Å². The molecule has 2 rings (SSSR count). The van der Waals surface area contributed by atoms with Gasteiger partial charge in [0.25, 0.3) is 0 Å². The zero-order valence-corrected chi connectivity index (χ0v) is 11.2. The molecule has 3 nitrogen and oxygen atoms in total. The molecule has 0 aromatic carbocycles. The first-order valence-electron chi connectivity index (χ1n) is 7.02. The number of hydrogen-bond acceptors (Lipinski definition) is 2. The number of nitrogens with zero attached hydrogens (tertiary/aromatic N) is 1. The summed E-state index contributed by atoms with van der Waals surface area (Å²) >= 11 is 0. The van der Waals surface area contributed by atoms with Crippen molar-refractivity contribution < 1.29 is 9.53 Å². The lowest BCUT2D eigenvalue weighted by molar-refractivity contribution is -0.132. The van der Waals surface area contributed by atoms with E-state index < -0.39 is 0 Å². The third-order valence-corrected chi connectivity index (χ3v) is 4.32. The van der Waals surface area contributed by atoms with Crippen molar-refractivity contribution in [1.82, 2.24) is 4.90 Å². The van der Waals surface area contributed by atoms with Gasteiger partial charge < -0.3 is 9.64 Å². The van der Waals surface area contributed by atoms with E-state index in [-0.39, 0.29) is 0 Å². The summed E-state index contributed by atoms with van der Waals surface area (Å²) in [6.07, 6.45) is 4.06. The summed E-state index contributed by atoms with van der Waals surface area (Å²) in [5.41, 5.74) is 0. The molecule has 0 radical (unpaired) electrons. The first-order valence-corrected chi connectivity index (χ1v) is 7.02. The molecule has 2 heterocycles. The van der Waals surface area contributed by atoms with E-state index in [2.05, 4.69) is 18.7 Å². The Morgan fingerprint density at radius 3 is 2.59 bits per heavy atom. The molecule has 3 heteroatoms. The van der Waals surface area contributed by atoms with Crippen LogP contribution in [0.25, 0.3) is 0 Å². The summed E-state index contributed by atoms with van der Waals surface area (Å²) in [6.45, 7) is 8.16. The number of ether oxygens (including phenoxy) is 1. The van der Waals surface area contributed by atoms with Gasteiger partial charge in [-0.2, -0.15) is 0 Å². The second-order valence-electron chi connectivity index (χ2n) is 5.89. The maximum absolute atomic E-state index is 12.2. The van der Waals surface area contributed by atoms with E-state index in [9.17, 15) is 4.79 Å². The lowest BCUT2D eigenvalue weighted by atomic mass is 9.95. The highest BCUT2D eigenvalue weighted by molar-refractivity contribution is 5.76. The molecule has 0 bridgehead atoms. The van der Waals surface area contributed by atoms with Crippen LogP contribution in [0.5, 0.6) is 0 Å². The Morgan fingerprint density at radius 1 is 1.29 bits per heavy atom. The van der Waals surface area contributed by atoms with Gasteiger partial charge in [0.1, 0.15) is 0 Å². The number of hydrogen-bond donors (Lipinski definition) is 0. The van der Waals surface area contributed by atoms with Gasteiger partial charge in [0.05, 0.1) is 0 Å². The molecule has 2 aliphatic rings. The van der Waals surface area contributed by atoms with Crippen molar-refractivity contribution in [3.63, 3.8) is 0 Å². The molecule has 0 aliphatic carbocycles. The van der Waals surface area contributed by atoms with Crippen molar-refractivity contribution in [2.75, 3.05) is 26.3 Å². The van der Waals surface area contributed by atoms with Gasteiger partial charge in [0, 0.05) is 32.7 Å². The monoisotopic (exact) mass is 239 g/mol. The van der Waals surface area contributed by atoms with Crippen LogP contribution in [-0.4, -0.2) is 37.1 Å². The average Bonchev–Trinajstić information content (AvgIpc) is 2.79. The van der Waals surface area contributed by atoms with Crippen molar-refractivity contribution in [3.05, 3.63) is 0 Å². The van der Waals surface area contributed by atoms with E-state index in [1.54, 1.807) is 0 Å². The summed E-state index contributed by atoms with van der Waals surface area (Å²) < 4.78 is 5.33. The summed E-state index contributed by atoms with van der Waals surface area (Å²) in [5, 5.41) is 0. The van der Waals surface area contributed by atoms with Gasteiger partial charge in [-0.05, 0) is 37.0 Å². The molecular weight excluding hydrogens is 214 g/mol. The Labute approximate surface area is 105 Å². The van der Waals surface area contributed by atoms with Crippen molar-refractivity contribution >= 4 is 5.91 Å². The molecule has 0 aromatic rings. The minimum atomic E-state index is 0.375. The number of rotatable bonds is 3. The van der Waals surface area contributed by atoms with Crippen LogP contribution in [-0.2, 0) is 9.53 Å². The first kappa shape index (κ1) is 12.9. The van der Waals surface area contributed by atoms with Crippen LogP contribution >= 0.6 is 0 Å². The number of carbonyl (C=O) groups is 1. The lowest BCUT2D eigenvalue weighted by Crippen LogP contribution is -2.32. The number of amides is 1. The third kappa shape index (κ3) is 3.44. The van der Waals surface area contributed by atoms with Crippen LogP contribution < -0.4 is 0 Å². The highest BCUT2D eigenvalue weighted by atomic mass is 16.5. The molecule has 1 amide bonds. The Bertz CT molecular complexity index is 259. The largest absolute Gasteiger partial charge is 0.381 e. The quantitative estimate of drug-likeness (QED) is 0.756. The van der Waals surface area contributed by atoms with Gasteiger partial charge in [-0.3, -0.25) is 4.79 Å². The first-order chi connectivity index (χ1) is 8.16. The van der Waals surface area contributed by atoms with Crippen molar-refractivity contribution in [2.24, 2.45) is 17.8 Å². The van der Waals surface area contributed by atoms with Crippen LogP contribution in [0.15, 0.2) is 0 Å². The molecule has 1 unspecified atom stereocenters. The van der Waals surface area contributed by atoms with Crippen LogP contribution in [0.2, 0.25) is 0 Å². The van der Waals surface area contributed by atoms with E-state index in [0.717, 1.165) is 45.6 Å². The Hall–Kier alpha value is -0.570. The average molecular weight is 239 g/mol. The Morgan fingerprint density at radius 2 is 2.00 bits per heavy atom. The number of likely N-dealkylation sites (tertiary alicyclic amines) is 1. The molecule has 1 atom stereocenters. The van der Waals surface area contributed by atoms with E-state index in [0.29, 0.717) is 23.7 Å².